The summed E-state index contributed by atoms with van der Waals surface area (Å²) in [7, 11) is 1.56. The van der Waals surface area contributed by atoms with Gasteiger partial charge in [0, 0.05) is 25.7 Å². The predicted octanol–water partition coefficient (Wildman–Crippen LogP) is 1.91. The second-order valence-corrected chi connectivity index (χ2v) is 7.80. The quantitative estimate of drug-likeness (QED) is 0.583. The maximum Gasteiger partial charge on any atom is 0.332 e. The SMILES string of the molecule is Cn1c2c(c(=O)n(Cc3ccccc3)c1=O)SC(C(=O)OCc1ccncc1)C=N2. The lowest BCUT2D eigenvalue weighted by atomic mass is 10.2. The van der Waals surface area contributed by atoms with Crippen LogP contribution in [-0.4, -0.2) is 31.6 Å². The van der Waals surface area contributed by atoms with Gasteiger partial charge in [-0.3, -0.25) is 23.7 Å². The summed E-state index contributed by atoms with van der Waals surface area (Å²) in [5.74, 6) is -0.258. The highest BCUT2D eigenvalue weighted by Crippen LogP contribution is 2.32. The van der Waals surface area contributed by atoms with E-state index < -0.39 is 22.5 Å². The van der Waals surface area contributed by atoms with Gasteiger partial charge in [0.15, 0.2) is 5.82 Å². The Morgan fingerprint density at radius 2 is 1.83 bits per heavy atom. The van der Waals surface area contributed by atoms with Gasteiger partial charge in [0.2, 0.25) is 0 Å². The Morgan fingerprint density at radius 3 is 2.57 bits per heavy atom. The highest BCUT2D eigenvalue weighted by Gasteiger charge is 2.29. The molecule has 0 spiro atoms. The van der Waals surface area contributed by atoms with Crippen molar-refractivity contribution in [3.05, 3.63) is 86.8 Å². The lowest BCUT2D eigenvalue weighted by Crippen LogP contribution is -2.41. The molecule has 1 unspecified atom stereocenters. The number of aromatic nitrogens is 3. The Balaban J connectivity index is 1.59. The summed E-state index contributed by atoms with van der Waals surface area (Å²) in [6, 6.07) is 12.7. The Hall–Kier alpha value is -3.46. The zero-order chi connectivity index (χ0) is 21.1. The number of nitrogens with zero attached hydrogens (tertiary/aromatic N) is 4. The van der Waals surface area contributed by atoms with Crippen LogP contribution in [0.1, 0.15) is 11.1 Å². The van der Waals surface area contributed by atoms with E-state index in [9.17, 15) is 14.4 Å². The van der Waals surface area contributed by atoms with Crippen molar-refractivity contribution in [3.8, 4) is 0 Å². The van der Waals surface area contributed by atoms with Crippen LogP contribution in [0.2, 0.25) is 0 Å². The smallest absolute Gasteiger partial charge is 0.332 e. The summed E-state index contributed by atoms with van der Waals surface area (Å²) in [6.45, 7) is 0.242. The van der Waals surface area contributed by atoms with Crippen molar-refractivity contribution in [1.82, 2.24) is 14.1 Å². The van der Waals surface area contributed by atoms with Gasteiger partial charge in [0.25, 0.3) is 5.56 Å². The van der Waals surface area contributed by atoms with Crippen LogP contribution < -0.4 is 11.2 Å². The van der Waals surface area contributed by atoms with Gasteiger partial charge >= 0.3 is 11.7 Å². The van der Waals surface area contributed by atoms with Crippen LogP contribution in [0.4, 0.5) is 5.82 Å². The number of hydrogen-bond donors (Lipinski definition) is 0. The molecule has 1 aromatic carbocycles. The van der Waals surface area contributed by atoms with Gasteiger partial charge in [-0.15, -0.1) is 0 Å². The molecule has 0 bridgehead atoms. The molecule has 0 amide bonds. The number of ether oxygens (including phenoxy) is 1. The number of carbonyl (C=O) groups is 1. The van der Waals surface area contributed by atoms with E-state index in [2.05, 4.69) is 9.98 Å². The summed E-state index contributed by atoms with van der Waals surface area (Å²) in [4.78, 5) is 46.6. The Labute approximate surface area is 175 Å². The van der Waals surface area contributed by atoms with Crippen molar-refractivity contribution in [2.45, 2.75) is 23.3 Å². The lowest BCUT2D eigenvalue weighted by molar-refractivity contribution is -0.142. The summed E-state index contributed by atoms with van der Waals surface area (Å²) in [6.07, 6.45) is 4.64. The minimum atomic E-state index is -0.769. The number of aliphatic imine (C=N–C) groups is 1. The van der Waals surface area contributed by atoms with Gasteiger partial charge in [-0.1, -0.05) is 42.1 Å². The number of fused-ring (bicyclic) bond motifs is 1. The van der Waals surface area contributed by atoms with E-state index in [1.165, 1.54) is 10.8 Å². The first kappa shape index (κ1) is 19.8. The van der Waals surface area contributed by atoms with Crippen molar-refractivity contribution in [3.63, 3.8) is 0 Å². The number of pyridine rings is 1. The summed E-state index contributed by atoms with van der Waals surface area (Å²) in [5.41, 5.74) is 0.711. The summed E-state index contributed by atoms with van der Waals surface area (Å²) >= 11 is 1.05. The fraction of sp³-hybridized carbons (Fsp3) is 0.190. The fourth-order valence-corrected chi connectivity index (χ4v) is 4.05. The molecule has 2 aromatic heterocycles. The number of benzene rings is 1. The highest BCUT2D eigenvalue weighted by atomic mass is 32.2. The van der Waals surface area contributed by atoms with Crippen LogP contribution in [0, 0.1) is 0 Å². The number of thioether (sulfide) groups is 1. The van der Waals surface area contributed by atoms with Gasteiger partial charge in [-0.2, -0.15) is 0 Å². The van der Waals surface area contributed by atoms with Crippen molar-refractivity contribution < 1.29 is 9.53 Å². The first-order chi connectivity index (χ1) is 14.5. The van der Waals surface area contributed by atoms with Gasteiger partial charge in [0.05, 0.1) is 6.54 Å². The molecule has 4 rings (SSSR count). The molecule has 9 heteroatoms. The van der Waals surface area contributed by atoms with Gasteiger partial charge in [-0.25, -0.2) is 9.79 Å². The van der Waals surface area contributed by atoms with E-state index in [0.29, 0.717) is 0 Å². The van der Waals surface area contributed by atoms with Crippen LogP contribution in [-0.2, 0) is 29.7 Å². The second kappa shape index (κ2) is 8.50. The van der Waals surface area contributed by atoms with Crippen molar-refractivity contribution in [2.24, 2.45) is 12.0 Å². The van der Waals surface area contributed by atoms with Crippen molar-refractivity contribution >= 4 is 29.8 Å². The molecule has 3 heterocycles. The van der Waals surface area contributed by atoms with Gasteiger partial charge in [0.1, 0.15) is 16.8 Å². The molecule has 0 saturated heterocycles. The minimum absolute atomic E-state index is 0.102. The molecule has 0 N–H and O–H groups in total. The molecule has 152 valence electrons. The number of hydrogen-bond acceptors (Lipinski definition) is 7. The predicted molar refractivity (Wildman–Crippen MR) is 113 cm³/mol. The molecular weight excluding hydrogens is 404 g/mol. The second-order valence-electron chi connectivity index (χ2n) is 6.65. The zero-order valence-corrected chi connectivity index (χ0v) is 16.9. The molecule has 1 atom stereocenters. The molecule has 30 heavy (non-hydrogen) atoms. The van der Waals surface area contributed by atoms with E-state index in [1.807, 2.05) is 30.3 Å². The van der Waals surface area contributed by atoms with Crippen LogP contribution >= 0.6 is 11.8 Å². The van der Waals surface area contributed by atoms with Crippen molar-refractivity contribution in [2.75, 3.05) is 0 Å². The number of esters is 1. The zero-order valence-electron chi connectivity index (χ0n) is 16.1. The maximum atomic E-state index is 13.0. The number of rotatable bonds is 5. The molecule has 0 radical (unpaired) electrons. The van der Waals surface area contributed by atoms with Crippen LogP contribution in [0.15, 0.2) is 74.3 Å². The highest BCUT2D eigenvalue weighted by molar-refractivity contribution is 8.01. The van der Waals surface area contributed by atoms with Crippen LogP contribution in [0.5, 0.6) is 0 Å². The normalized spacial score (nSPS) is 14.9. The van der Waals surface area contributed by atoms with Crippen LogP contribution in [0.3, 0.4) is 0 Å². The Bertz CT molecular complexity index is 1220. The average Bonchev–Trinajstić information content (AvgIpc) is 2.80. The van der Waals surface area contributed by atoms with E-state index in [0.717, 1.165) is 27.5 Å². The minimum Gasteiger partial charge on any atom is -0.460 e. The number of carbonyl (C=O) groups excluding carboxylic acids is 1. The molecule has 3 aromatic rings. The topological polar surface area (TPSA) is 95.5 Å². The van der Waals surface area contributed by atoms with E-state index >= 15 is 0 Å². The largest absolute Gasteiger partial charge is 0.460 e. The van der Waals surface area contributed by atoms with Crippen LogP contribution in [0.25, 0.3) is 0 Å². The molecule has 1 aliphatic heterocycles. The first-order valence-corrected chi connectivity index (χ1v) is 10.1. The third-order valence-electron chi connectivity index (χ3n) is 4.60. The average molecular weight is 422 g/mol. The van der Waals surface area contributed by atoms with E-state index in [1.54, 1.807) is 31.6 Å². The molecule has 8 nitrogen and oxygen atoms in total. The summed E-state index contributed by atoms with van der Waals surface area (Å²) < 4.78 is 7.82. The molecule has 1 aliphatic rings. The molecular formula is C21H18N4O4S. The maximum absolute atomic E-state index is 13.0. The van der Waals surface area contributed by atoms with Gasteiger partial charge in [-0.05, 0) is 23.3 Å². The fourth-order valence-electron chi connectivity index (χ4n) is 3.00. The third-order valence-corrected chi connectivity index (χ3v) is 5.76. The standard InChI is InChI=1S/C21H18N4O4S/c1-24-18-17(19(26)25(21(24)28)12-14-5-3-2-4-6-14)30-16(11-23-18)20(27)29-13-15-7-9-22-10-8-15/h2-11,16H,12-13H2,1H3. The molecule has 0 aliphatic carbocycles. The van der Waals surface area contributed by atoms with E-state index in [-0.39, 0.29) is 23.9 Å². The Kier molecular flexibility index (Phi) is 5.62. The molecule has 0 saturated carbocycles. The lowest BCUT2D eigenvalue weighted by Gasteiger charge is -2.20. The monoisotopic (exact) mass is 422 g/mol. The molecule has 0 fully saturated rings. The first-order valence-electron chi connectivity index (χ1n) is 9.18. The van der Waals surface area contributed by atoms with Gasteiger partial charge < -0.3 is 4.74 Å². The van der Waals surface area contributed by atoms with Crippen molar-refractivity contribution in [1.29, 1.82) is 0 Å². The third kappa shape index (κ3) is 3.97. The van der Waals surface area contributed by atoms with E-state index in [4.69, 9.17) is 4.74 Å². The summed E-state index contributed by atoms with van der Waals surface area (Å²) in [5, 5.41) is -0.769. The Morgan fingerprint density at radius 1 is 1.10 bits per heavy atom.